The van der Waals surface area contributed by atoms with E-state index in [0.717, 1.165) is 0 Å². The van der Waals surface area contributed by atoms with E-state index in [1.54, 1.807) is 54.3 Å². The van der Waals surface area contributed by atoms with E-state index in [1.807, 2.05) is 0 Å². The first-order valence-electron chi connectivity index (χ1n) is 8.29. The molecule has 0 unspecified atom stereocenters. The third-order valence-corrected chi connectivity index (χ3v) is 4.41. The van der Waals surface area contributed by atoms with Crippen LogP contribution in [0.3, 0.4) is 0 Å². The first-order chi connectivity index (χ1) is 13.4. The van der Waals surface area contributed by atoms with Gasteiger partial charge in [-0.15, -0.1) is 0 Å². The Balaban J connectivity index is 1.77. The van der Waals surface area contributed by atoms with Crippen LogP contribution in [0, 0.1) is 0 Å². The van der Waals surface area contributed by atoms with E-state index in [1.165, 1.54) is 20.3 Å². The molecule has 0 fully saturated rings. The van der Waals surface area contributed by atoms with Crippen molar-refractivity contribution in [2.24, 2.45) is 7.05 Å². The zero-order valence-electron chi connectivity index (χ0n) is 15.5. The number of halogens is 1. The van der Waals surface area contributed by atoms with Crippen molar-refractivity contribution in [3.05, 3.63) is 70.8 Å². The predicted octanol–water partition coefficient (Wildman–Crippen LogP) is 3.57. The minimum Gasteiger partial charge on any atom is -0.493 e. The summed E-state index contributed by atoms with van der Waals surface area (Å²) in [4.78, 5) is 29.0. The van der Waals surface area contributed by atoms with Crippen molar-refractivity contribution in [3.8, 4) is 11.5 Å². The van der Waals surface area contributed by atoms with Crippen molar-refractivity contribution >= 4 is 29.0 Å². The summed E-state index contributed by atoms with van der Waals surface area (Å²) in [6.45, 7) is 0. The number of methoxy groups -OCH3 is 2. The maximum atomic E-state index is 12.5. The number of imidazole rings is 1. The average molecular weight is 400 g/mol. The van der Waals surface area contributed by atoms with Gasteiger partial charge in [0.15, 0.2) is 17.3 Å². The van der Waals surface area contributed by atoms with E-state index in [9.17, 15) is 9.59 Å². The van der Waals surface area contributed by atoms with Gasteiger partial charge in [-0.25, -0.2) is 4.98 Å². The molecule has 28 heavy (non-hydrogen) atoms. The molecule has 1 amide bonds. The van der Waals surface area contributed by atoms with Gasteiger partial charge in [0.05, 0.1) is 19.2 Å². The number of nitrogens with one attached hydrogen (secondary N) is 1. The van der Waals surface area contributed by atoms with E-state index in [-0.39, 0.29) is 16.7 Å². The molecular formula is C20H18ClN3O4. The van der Waals surface area contributed by atoms with Crippen LogP contribution in [0.4, 0.5) is 5.69 Å². The van der Waals surface area contributed by atoms with Gasteiger partial charge in [-0.3, -0.25) is 9.59 Å². The Morgan fingerprint density at radius 3 is 2.36 bits per heavy atom. The van der Waals surface area contributed by atoms with Crippen LogP contribution in [0.2, 0.25) is 5.02 Å². The van der Waals surface area contributed by atoms with E-state index >= 15 is 0 Å². The average Bonchev–Trinajstić information content (AvgIpc) is 3.13. The highest BCUT2D eigenvalue weighted by atomic mass is 35.5. The molecule has 7 nitrogen and oxygen atoms in total. The second-order valence-corrected chi connectivity index (χ2v) is 6.32. The third kappa shape index (κ3) is 3.84. The fourth-order valence-corrected chi connectivity index (χ4v) is 2.96. The molecule has 0 spiro atoms. The lowest BCUT2D eigenvalue weighted by Crippen LogP contribution is -2.13. The number of carbonyl (C=O) groups is 2. The van der Waals surface area contributed by atoms with Crippen LogP contribution in [-0.2, 0) is 7.05 Å². The quantitative estimate of drug-likeness (QED) is 0.641. The molecule has 3 aromatic rings. The maximum Gasteiger partial charge on any atom is 0.255 e. The van der Waals surface area contributed by atoms with Gasteiger partial charge in [-0.2, -0.15) is 0 Å². The number of rotatable bonds is 6. The van der Waals surface area contributed by atoms with Crippen molar-refractivity contribution in [2.45, 2.75) is 0 Å². The monoisotopic (exact) mass is 399 g/mol. The van der Waals surface area contributed by atoms with E-state index in [2.05, 4.69) is 10.3 Å². The summed E-state index contributed by atoms with van der Waals surface area (Å²) in [5, 5.41) is 3.03. The largest absolute Gasteiger partial charge is 0.493 e. The second-order valence-electron chi connectivity index (χ2n) is 5.92. The predicted molar refractivity (Wildman–Crippen MR) is 106 cm³/mol. The molecule has 1 aromatic heterocycles. The van der Waals surface area contributed by atoms with Crippen LogP contribution in [0.1, 0.15) is 26.5 Å². The van der Waals surface area contributed by atoms with Crippen molar-refractivity contribution in [1.82, 2.24) is 9.55 Å². The molecular weight excluding hydrogens is 382 g/mol. The Kier molecular flexibility index (Phi) is 5.65. The summed E-state index contributed by atoms with van der Waals surface area (Å²) in [6, 6.07) is 9.60. The van der Waals surface area contributed by atoms with Gasteiger partial charge in [0.1, 0.15) is 0 Å². The SMILES string of the molecule is COc1cc(C(=O)Nc2ccc(C(=O)c3nccn3C)cc2)cc(Cl)c1OC. The Morgan fingerprint density at radius 2 is 1.79 bits per heavy atom. The smallest absolute Gasteiger partial charge is 0.255 e. The molecule has 0 aliphatic rings. The number of aryl methyl sites for hydroxylation is 1. The van der Waals surface area contributed by atoms with Crippen molar-refractivity contribution in [2.75, 3.05) is 19.5 Å². The van der Waals surface area contributed by atoms with Crippen LogP contribution >= 0.6 is 11.6 Å². The molecule has 0 aliphatic carbocycles. The summed E-state index contributed by atoms with van der Waals surface area (Å²) in [6.07, 6.45) is 3.27. The standard InChI is InChI=1S/C20H18ClN3O4/c1-24-9-8-22-19(24)17(25)12-4-6-14(7-5-12)23-20(26)13-10-15(21)18(28-3)16(11-13)27-2/h4-11H,1-3H3,(H,23,26). The number of aromatic nitrogens is 2. The zero-order chi connectivity index (χ0) is 20.3. The first kappa shape index (κ1) is 19.4. The van der Waals surface area contributed by atoms with E-state index in [0.29, 0.717) is 34.1 Å². The molecule has 1 N–H and O–H groups in total. The van der Waals surface area contributed by atoms with Gasteiger partial charge in [0, 0.05) is 36.3 Å². The van der Waals surface area contributed by atoms with Gasteiger partial charge in [0.25, 0.3) is 5.91 Å². The summed E-state index contributed by atoms with van der Waals surface area (Å²) < 4.78 is 12.0. The van der Waals surface area contributed by atoms with Gasteiger partial charge < -0.3 is 19.4 Å². The lowest BCUT2D eigenvalue weighted by Gasteiger charge is -2.12. The minimum atomic E-state index is -0.369. The van der Waals surface area contributed by atoms with Crippen LogP contribution in [-0.4, -0.2) is 35.5 Å². The third-order valence-electron chi connectivity index (χ3n) is 4.12. The zero-order valence-corrected chi connectivity index (χ0v) is 16.3. The number of anilines is 1. The number of carbonyl (C=O) groups excluding carboxylic acids is 2. The van der Waals surface area contributed by atoms with Crippen molar-refractivity contribution < 1.29 is 19.1 Å². The Bertz CT molecular complexity index is 1030. The number of hydrogen-bond acceptors (Lipinski definition) is 5. The minimum absolute atomic E-state index is 0.197. The number of nitrogens with zero attached hydrogens (tertiary/aromatic N) is 2. The van der Waals surface area contributed by atoms with Gasteiger partial charge in [-0.05, 0) is 36.4 Å². The summed E-state index contributed by atoms with van der Waals surface area (Å²) >= 11 is 6.15. The van der Waals surface area contributed by atoms with E-state index in [4.69, 9.17) is 21.1 Å². The normalized spacial score (nSPS) is 10.4. The molecule has 8 heteroatoms. The van der Waals surface area contributed by atoms with Crippen molar-refractivity contribution in [3.63, 3.8) is 0 Å². The molecule has 0 atom stereocenters. The number of ketones is 1. The van der Waals surface area contributed by atoms with Crippen LogP contribution < -0.4 is 14.8 Å². The summed E-state index contributed by atoms with van der Waals surface area (Å²) in [5.74, 6) is 0.494. The highest BCUT2D eigenvalue weighted by Gasteiger charge is 2.16. The summed E-state index contributed by atoms with van der Waals surface area (Å²) in [5.41, 5.74) is 1.32. The van der Waals surface area contributed by atoms with Crippen LogP contribution in [0.15, 0.2) is 48.8 Å². The van der Waals surface area contributed by atoms with E-state index < -0.39 is 0 Å². The Morgan fingerprint density at radius 1 is 1.07 bits per heavy atom. The van der Waals surface area contributed by atoms with Crippen molar-refractivity contribution in [1.29, 1.82) is 0 Å². The fraction of sp³-hybridized carbons (Fsp3) is 0.150. The number of ether oxygens (including phenoxy) is 2. The first-order valence-corrected chi connectivity index (χ1v) is 8.67. The molecule has 0 saturated heterocycles. The lowest BCUT2D eigenvalue weighted by atomic mass is 10.1. The topological polar surface area (TPSA) is 82.5 Å². The molecule has 2 aromatic carbocycles. The van der Waals surface area contributed by atoms with Crippen LogP contribution in [0.25, 0.3) is 0 Å². The molecule has 3 rings (SSSR count). The van der Waals surface area contributed by atoms with Crippen LogP contribution in [0.5, 0.6) is 11.5 Å². The molecule has 1 heterocycles. The summed E-state index contributed by atoms with van der Waals surface area (Å²) in [7, 11) is 4.69. The van der Waals surface area contributed by atoms with Gasteiger partial charge in [-0.1, -0.05) is 11.6 Å². The Hall–Kier alpha value is -3.32. The molecule has 0 aliphatic heterocycles. The molecule has 144 valence electrons. The highest BCUT2D eigenvalue weighted by molar-refractivity contribution is 6.32. The molecule has 0 bridgehead atoms. The molecule has 0 saturated carbocycles. The Labute approximate surface area is 166 Å². The maximum absolute atomic E-state index is 12.5. The number of amides is 1. The molecule has 0 radical (unpaired) electrons. The van der Waals surface area contributed by atoms with Gasteiger partial charge >= 0.3 is 0 Å². The second kappa shape index (κ2) is 8.14. The number of hydrogen-bond donors (Lipinski definition) is 1. The lowest BCUT2D eigenvalue weighted by molar-refractivity contribution is 0.102. The van der Waals surface area contributed by atoms with Gasteiger partial charge in [0.2, 0.25) is 5.78 Å². The highest BCUT2D eigenvalue weighted by Crippen LogP contribution is 2.36. The fourth-order valence-electron chi connectivity index (χ4n) is 2.67. The number of benzene rings is 2.